The first kappa shape index (κ1) is 10.6. The summed E-state index contributed by atoms with van der Waals surface area (Å²) in [7, 11) is 0. The largest absolute Gasteiger partial charge is 0.287 e. The van der Waals surface area contributed by atoms with Crippen molar-refractivity contribution in [3.05, 3.63) is 34.1 Å². The fourth-order valence-electron chi connectivity index (χ4n) is 1.08. The Balaban J connectivity index is 2.99. The minimum Gasteiger partial charge on any atom is -0.258 e. The van der Waals surface area contributed by atoms with Crippen molar-refractivity contribution in [2.24, 2.45) is 0 Å². The molecule has 0 aliphatic heterocycles. The molecule has 14 heavy (non-hydrogen) atoms. The average molecular weight is 194 g/mol. The van der Waals surface area contributed by atoms with Crippen LogP contribution in [0.25, 0.3) is 0 Å². The highest BCUT2D eigenvalue weighted by molar-refractivity contribution is 5.29. The van der Waals surface area contributed by atoms with E-state index in [9.17, 15) is 10.1 Å². The van der Waals surface area contributed by atoms with Gasteiger partial charge in [0.05, 0.1) is 4.92 Å². The fourth-order valence-corrected chi connectivity index (χ4v) is 1.08. The van der Waals surface area contributed by atoms with Crippen LogP contribution >= 0.6 is 0 Å². The molecule has 0 fully saturated rings. The smallest absolute Gasteiger partial charge is 0.258 e. The zero-order valence-electron chi connectivity index (χ0n) is 8.65. The van der Waals surface area contributed by atoms with Crippen LogP contribution in [0.2, 0.25) is 0 Å². The lowest BCUT2D eigenvalue weighted by Gasteiger charge is -2.21. The highest BCUT2D eigenvalue weighted by Gasteiger charge is 2.20. The van der Waals surface area contributed by atoms with E-state index in [1.165, 1.54) is 12.3 Å². The van der Waals surface area contributed by atoms with Crippen molar-refractivity contribution in [2.45, 2.75) is 32.6 Å². The topological polar surface area (TPSA) is 56.0 Å². The molecule has 0 saturated carbocycles. The van der Waals surface area contributed by atoms with E-state index in [4.69, 9.17) is 0 Å². The summed E-state index contributed by atoms with van der Waals surface area (Å²) in [4.78, 5) is 14.1. The van der Waals surface area contributed by atoms with Crippen LogP contribution in [0.1, 0.15) is 32.9 Å². The predicted octanol–water partition coefficient (Wildman–Crippen LogP) is 2.68. The van der Waals surface area contributed by atoms with Crippen LogP contribution in [0.15, 0.2) is 18.3 Å². The van der Waals surface area contributed by atoms with Crippen molar-refractivity contribution in [1.82, 2.24) is 4.98 Å². The van der Waals surface area contributed by atoms with Gasteiger partial charge in [0.2, 0.25) is 0 Å². The summed E-state index contributed by atoms with van der Waals surface area (Å²) < 4.78 is 0. The van der Waals surface area contributed by atoms with E-state index in [2.05, 4.69) is 25.8 Å². The van der Waals surface area contributed by atoms with Crippen molar-refractivity contribution in [3.63, 3.8) is 0 Å². The number of pyridine rings is 1. The summed E-state index contributed by atoms with van der Waals surface area (Å²) in [5, 5.41) is 10.4. The van der Waals surface area contributed by atoms with Crippen molar-refractivity contribution in [1.29, 1.82) is 0 Å². The third-order valence-corrected chi connectivity index (χ3v) is 2.54. The predicted molar refractivity (Wildman–Crippen MR) is 54.2 cm³/mol. The summed E-state index contributed by atoms with van der Waals surface area (Å²) in [6.07, 6.45) is 2.27. The molecule has 0 aliphatic carbocycles. The van der Waals surface area contributed by atoms with Crippen LogP contribution in [-0.4, -0.2) is 9.91 Å². The minimum atomic E-state index is -0.435. The van der Waals surface area contributed by atoms with Gasteiger partial charge in [-0.2, -0.15) is 0 Å². The molecule has 1 aromatic heterocycles. The molecule has 1 aromatic rings. The molecule has 4 heteroatoms. The van der Waals surface area contributed by atoms with Crippen LogP contribution in [-0.2, 0) is 5.41 Å². The zero-order chi connectivity index (χ0) is 10.8. The second kappa shape index (κ2) is 3.74. The molecule has 0 radical (unpaired) electrons. The van der Waals surface area contributed by atoms with Gasteiger partial charge in [-0.25, -0.2) is 0 Å². The number of rotatable bonds is 3. The Labute approximate surface area is 83.1 Å². The van der Waals surface area contributed by atoms with Gasteiger partial charge in [-0.1, -0.05) is 20.8 Å². The molecule has 0 N–H and O–H groups in total. The third-order valence-electron chi connectivity index (χ3n) is 2.54. The molecule has 0 saturated heterocycles. The lowest BCUT2D eigenvalue weighted by atomic mass is 9.86. The second-order valence-electron chi connectivity index (χ2n) is 3.90. The first-order valence-corrected chi connectivity index (χ1v) is 4.58. The maximum atomic E-state index is 10.4. The van der Waals surface area contributed by atoms with Gasteiger partial charge >= 0.3 is 0 Å². The van der Waals surface area contributed by atoms with Gasteiger partial charge in [-0.15, -0.1) is 0 Å². The highest BCUT2D eigenvalue weighted by atomic mass is 16.6. The van der Waals surface area contributed by atoms with Crippen molar-refractivity contribution in [2.75, 3.05) is 0 Å². The van der Waals surface area contributed by atoms with Gasteiger partial charge in [-0.3, -0.25) is 15.1 Å². The van der Waals surface area contributed by atoms with Crippen molar-refractivity contribution < 1.29 is 4.92 Å². The first-order chi connectivity index (χ1) is 6.47. The molecule has 0 spiro atoms. The molecular formula is C10H14N2O2. The highest BCUT2D eigenvalue weighted by Crippen LogP contribution is 2.25. The first-order valence-electron chi connectivity index (χ1n) is 4.58. The second-order valence-corrected chi connectivity index (χ2v) is 3.90. The van der Waals surface area contributed by atoms with Crippen molar-refractivity contribution in [3.8, 4) is 0 Å². The van der Waals surface area contributed by atoms with Crippen LogP contribution in [0.3, 0.4) is 0 Å². The Kier molecular flexibility index (Phi) is 2.84. The van der Waals surface area contributed by atoms with Gasteiger partial charge in [0, 0.05) is 17.2 Å². The lowest BCUT2D eigenvalue weighted by molar-refractivity contribution is -0.385. The Hall–Kier alpha value is -1.45. The number of hydrogen-bond acceptors (Lipinski definition) is 3. The summed E-state index contributed by atoms with van der Waals surface area (Å²) in [5.74, 6) is 0. The molecular weight excluding hydrogens is 180 g/mol. The molecule has 0 amide bonds. The van der Waals surface area contributed by atoms with E-state index in [0.717, 1.165) is 12.1 Å². The number of aromatic nitrogens is 1. The van der Waals surface area contributed by atoms with Crippen LogP contribution in [0.4, 0.5) is 5.69 Å². The molecule has 0 atom stereocenters. The van der Waals surface area contributed by atoms with Gasteiger partial charge in [0.1, 0.15) is 6.20 Å². The Bertz CT molecular complexity index is 330. The van der Waals surface area contributed by atoms with Crippen LogP contribution in [0, 0.1) is 10.1 Å². The lowest BCUT2D eigenvalue weighted by Crippen LogP contribution is -2.17. The maximum absolute atomic E-state index is 10.4. The molecule has 4 nitrogen and oxygen atoms in total. The summed E-state index contributed by atoms with van der Waals surface area (Å²) in [6.45, 7) is 6.21. The Morgan fingerprint density at radius 3 is 2.50 bits per heavy atom. The fraction of sp³-hybridized carbons (Fsp3) is 0.500. The van der Waals surface area contributed by atoms with Gasteiger partial charge in [0.15, 0.2) is 0 Å². The van der Waals surface area contributed by atoms with E-state index in [-0.39, 0.29) is 11.1 Å². The van der Waals surface area contributed by atoms with Gasteiger partial charge < -0.3 is 0 Å². The number of nitrogens with zero attached hydrogens (tertiary/aromatic N) is 2. The molecule has 1 heterocycles. The van der Waals surface area contributed by atoms with Gasteiger partial charge in [0.25, 0.3) is 5.69 Å². The van der Waals surface area contributed by atoms with E-state index >= 15 is 0 Å². The van der Waals surface area contributed by atoms with Crippen LogP contribution in [0.5, 0.6) is 0 Å². The number of hydrogen-bond donors (Lipinski definition) is 0. The maximum Gasteiger partial charge on any atom is 0.287 e. The van der Waals surface area contributed by atoms with E-state index in [1.54, 1.807) is 6.07 Å². The molecule has 76 valence electrons. The average Bonchev–Trinajstić information content (AvgIpc) is 2.18. The molecule has 0 aromatic carbocycles. The van der Waals surface area contributed by atoms with Gasteiger partial charge in [-0.05, 0) is 12.5 Å². The van der Waals surface area contributed by atoms with E-state index < -0.39 is 4.92 Å². The normalized spacial score (nSPS) is 11.4. The molecule has 1 rings (SSSR count). The van der Waals surface area contributed by atoms with E-state index in [0.29, 0.717) is 0 Å². The number of nitro groups is 1. The minimum absolute atomic E-state index is 0.0187. The zero-order valence-corrected chi connectivity index (χ0v) is 8.65. The molecule has 0 unspecified atom stereocenters. The van der Waals surface area contributed by atoms with Crippen LogP contribution < -0.4 is 0 Å². The third kappa shape index (κ3) is 2.07. The summed E-state index contributed by atoms with van der Waals surface area (Å²) in [5.41, 5.74) is 0.918. The molecule has 0 bridgehead atoms. The summed E-state index contributed by atoms with van der Waals surface area (Å²) in [6, 6.07) is 3.22. The Morgan fingerprint density at radius 2 is 2.14 bits per heavy atom. The summed E-state index contributed by atoms with van der Waals surface area (Å²) >= 11 is 0. The monoisotopic (exact) mass is 194 g/mol. The molecule has 0 aliphatic rings. The standard InChI is InChI=1S/C10H14N2O2/c1-4-10(2,3)9-6-5-8(7-11-9)12(13)14/h5-7H,4H2,1-3H3. The SMILES string of the molecule is CCC(C)(C)c1ccc([N+](=O)[O-])cn1. The van der Waals surface area contributed by atoms with Crippen molar-refractivity contribution >= 4 is 5.69 Å². The van der Waals surface area contributed by atoms with E-state index in [1.807, 2.05) is 0 Å². The Morgan fingerprint density at radius 1 is 1.50 bits per heavy atom. The quantitative estimate of drug-likeness (QED) is 0.549.